The van der Waals surface area contributed by atoms with Crippen LogP contribution in [-0.2, 0) is 16.8 Å². The molecule has 4 heterocycles. The minimum atomic E-state index is -0.805. The maximum absolute atomic E-state index is 13.8. The normalized spacial score (nSPS) is 23.9. The predicted octanol–water partition coefficient (Wildman–Crippen LogP) is 2.67. The molecule has 164 valence electrons. The summed E-state index contributed by atoms with van der Waals surface area (Å²) in [4.78, 5) is 31.8. The molecule has 0 bridgehead atoms. The lowest BCUT2D eigenvalue weighted by molar-refractivity contribution is -0.142. The number of likely N-dealkylation sites (tertiary alicyclic amines) is 1. The van der Waals surface area contributed by atoms with E-state index in [2.05, 4.69) is 27.8 Å². The number of fused-ring (bicyclic) bond motifs is 4. The fourth-order valence-corrected chi connectivity index (χ4v) is 5.46. The second-order valence-electron chi connectivity index (χ2n) is 9.16. The number of ether oxygens (including phenoxy) is 1. The van der Waals surface area contributed by atoms with Crippen molar-refractivity contribution in [3.8, 4) is 5.75 Å². The summed E-state index contributed by atoms with van der Waals surface area (Å²) >= 11 is 0. The van der Waals surface area contributed by atoms with Crippen molar-refractivity contribution in [3.63, 3.8) is 0 Å². The Balaban J connectivity index is 1.25. The fraction of sp³-hybridized carbons (Fsp3) is 0.360. The molecule has 32 heavy (non-hydrogen) atoms. The van der Waals surface area contributed by atoms with E-state index in [1.54, 1.807) is 6.07 Å². The molecule has 1 aromatic heterocycles. The van der Waals surface area contributed by atoms with Crippen LogP contribution in [0.4, 0.5) is 0 Å². The van der Waals surface area contributed by atoms with Gasteiger partial charge in [-0.05, 0) is 37.1 Å². The van der Waals surface area contributed by atoms with E-state index < -0.39 is 11.3 Å². The molecular weight excluding hydrogens is 404 g/mol. The predicted molar refractivity (Wildman–Crippen MR) is 120 cm³/mol. The lowest BCUT2D eigenvalue weighted by atomic mass is 9.86. The van der Waals surface area contributed by atoms with Crippen LogP contribution in [0.15, 0.2) is 48.5 Å². The number of carbonyl (C=O) groups excluding carboxylic acids is 2. The molecule has 1 saturated heterocycles. The average Bonchev–Trinajstić information content (AvgIpc) is 3.20. The van der Waals surface area contributed by atoms with Crippen LogP contribution in [0, 0.1) is 0 Å². The highest BCUT2D eigenvalue weighted by Gasteiger charge is 2.48. The van der Waals surface area contributed by atoms with E-state index in [1.807, 2.05) is 42.2 Å². The summed E-state index contributed by atoms with van der Waals surface area (Å²) < 4.78 is 6.23. The summed E-state index contributed by atoms with van der Waals surface area (Å²) in [5, 5.41) is 7.72. The highest BCUT2D eigenvalue weighted by Crippen LogP contribution is 2.37. The van der Waals surface area contributed by atoms with Gasteiger partial charge in [0.15, 0.2) is 5.72 Å². The molecule has 3 aromatic rings. The molecule has 2 aromatic carbocycles. The maximum atomic E-state index is 13.8. The first-order chi connectivity index (χ1) is 15.5. The SMILES string of the molecule is C[C@@]1(C(=O)N2CCC3(CC2)NC(=O)c2ccccc2O3)NCCc2c1[nH]c1ccccc21. The average molecular weight is 431 g/mol. The second-order valence-corrected chi connectivity index (χ2v) is 9.16. The third-order valence-corrected chi connectivity index (χ3v) is 7.23. The van der Waals surface area contributed by atoms with Crippen molar-refractivity contribution < 1.29 is 14.3 Å². The number of rotatable bonds is 1. The number of aromatic nitrogens is 1. The number of nitrogens with one attached hydrogen (secondary N) is 3. The van der Waals surface area contributed by atoms with Gasteiger partial charge in [-0.25, -0.2) is 0 Å². The van der Waals surface area contributed by atoms with Gasteiger partial charge in [-0.1, -0.05) is 30.3 Å². The number of hydrogen-bond acceptors (Lipinski definition) is 4. The minimum absolute atomic E-state index is 0.0578. The Morgan fingerprint density at radius 2 is 1.81 bits per heavy atom. The molecular formula is C25H26N4O3. The molecule has 0 aliphatic carbocycles. The Morgan fingerprint density at radius 1 is 1.06 bits per heavy atom. The number of amides is 2. The number of nitrogens with zero attached hydrogens (tertiary/aromatic N) is 1. The lowest BCUT2D eigenvalue weighted by Crippen LogP contribution is -2.64. The van der Waals surface area contributed by atoms with Crippen molar-refractivity contribution in [3.05, 3.63) is 65.4 Å². The Morgan fingerprint density at radius 3 is 2.66 bits per heavy atom. The third-order valence-electron chi connectivity index (χ3n) is 7.23. The zero-order valence-corrected chi connectivity index (χ0v) is 18.0. The molecule has 3 N–H and O–H groups in total. The van der Waals surface area contributed by atoms with Gasteiger partial charge in [0.2, 0.25) is 5.91 Å². The van der Waals surface area contributed by atoms with E-state index in [0.717, 1.165) is 24.2 Å². The van der Waals surface area contributed by atoms with Crippen LogP contribution >= 0.6 is 0 Å². The minimum Gasteiger partial charge on any atom is -0.467 e. The molecule has 0 saturated carbocycles. The van der Waals surface area contributed by atoms with Gasteiger partial charge in [0.05, 0.1) is 5.56 Å². The van der Waals surface area contributed by atoms with Gasteiger partial charge < -0.3 is 19.9 Å². The number of hydrogen-bond donors (Lipinski definition) is 3. The van der Waals surface area contributed by atoms with Crippen molar-refractivity contribution in [2.24, 2.45) is 0 Å². The number of para-hydroxylation sites is 2. The van der Waals surface area contributed by atoms with Gasteiger partial charge in [-0.3, -0.25) is 14.9 Å². The zero-order chi connectivity index (χ0) is 21.9. The van der Waals surface area contributed by atoms with Crippen LogP contribution in [-0.4, -0.2) is 47.1 Å². The van der Waals surface area contributed by atoms with Gasteiger partial charge in [0, 0.05) is 49.1 Å². The molecule has 1 fully saturated rings. The molecule has 3 aliphatic heterocycles. The Kier molecular flexibility index (Phi) is 4.14. The molecule has 0 radical (unpaired) electrons. The summed E-state index contributed by atoms with van der Waals surface area (Å²) in [5.74, 6) is 0.553. The van der Waals surface area contributed by atoms with Gasteiger partial charge in [-0.15, -0.1) is 0 Å². The van der Waals surface area contributed by atoms with Crippen molar-refractivity contribution in [2.75, 3.05) is 19.6 Å². The van der Waals surface area contributed by atoms with Crippen molar-refractivity contribution in [1.29, 1.82) is 0 Å². The van der Waals surface area contributed by atoms with E-state index in [-0.39, 0.29) is 11.8 Å². The van der Waals surface area contributed by atoms with E-state index in [1.165, 1.54) is 10.9 Å². The molecule has 7 nitrogen and oxygen atoms in total. The third kappa shape index (κ3) is 2.77. The number of benzene rings is 2. The van der Waals surface area contributed by atoms with E-state index in [0.29, 0.717) is 37.2 Å². The number of aromatic amines is 1. The first kappa shape index (κ1) is 19.4. The Bertz CT molecular complexity index is 1240. The largest absolute Gasteiger partial charge is 0.467 e. The first-order valence-electron chi connectivity index (χ1n) is 11.2. The Hall–Kier alpha value is -3.32. The molecule has 6 rings (SSSR count). The summed E-state index contributed by atoms with van der Waals surface area (Å²) in [6.45, 7) is 3.77. The molecule has 1 spiro atoms. The highest BCUT2D eigenvalue weighted by molar-refractivity contribution is 5.98. The standard InChI is InChI=1S/C25H26N4O3/c1-24(21-17(10-13-26-24)16-6-2-4-8-19(16)27-21)23(31)29-14-11-25(12-15-29)28-22(30)18-7-3-5-9-20(18)32-25/h2-9,26-27H,10-15H2,1H3,(H,28,30)/t24-/m1/s1. The number of carbonyl (C=O) groups is 2. The quantitative estimate of drug-likeness (QED) is 0.554. The smallest absolute Gasteiger partial charge is 0.258 e. The molecule has 2 amide bonds. The van der Waals surface area contributed by atoms with E-state index >= 15 is 0 Å². The summed E-state index contributed by atoms with van der Waals surface area (Å²) in [7, 11) is 0. The molecule has 1 atom stereocenters. The second kappa shape index (κ2) is 6.84. The monoisotopic (exact) mass is 430 g/mol. The van der Waals surface area contributed by atoms with Crippen LogP contribution in [0.2, 0.25) is 0 Å². The van der Waals surface area contributed by atoms with Gasteiger partial charge in [0.1, 0.15) is 11.3 Å². The summed E-state index contributed by atoms with van der Waals surface area (Å²) in [6, 6.07) is 15.5. The molecule has 3 aliphatic rings. The van der Waals surface area contributed by atoms with E-state index in [4.69, 9.17) is 4.74 Å². The highest BCUT2D eigenvalue weighted by atomic mass is 16.5. The molecule has 0 unspecified atom stereocenters. The summed E-state index contributed by atoms with van der Waals surface area (Å²) in [5.41, 5.74) is 2.25. The Labute approximate surface area is 186 Å². The molecule has 7 heteroatoms. The lowest BCUT2D eigenvalue weighted by Gasteiger charge is -2.46. The number of piperidine rings is 1. The van der Waals surface area contributed by atoms with Crippen molar-refractivity contribution >= 4 is 22.7 Å². The van der Waals surface area contributed by atoms with Gasteiger partial charge in [-0.2, -0.15) is 0 Å². The van der Waals surface area contributed by atoms with Crippen molar-refractivity contribution in [2.45, 2.75) is 37.5 Å². The number of H-pyrrole nitrogens is 1. The first-order valence-corrected chi connectivity index (χ1v) is 11.2. The van der Waals surface area contributed by atoms with Crippen LogP contribution in [0.1, 0.15) is 41.4 Å². The maximum Gasteiger partial charge on any atom is 0.258 e. The van der Waals surface area contributed by atoms with Crippen LogP contribution < -0.4 is 15.4 Å². The topological polar surface area (TPSA) is 86.5 Å². The summed E-state index contributed by atoms with van der Waals surface area (Å²) in [6.07, 6.45) is 1.99. The van der Waals surface area contributed by atoms with Crippen molar-refractivity contribution in [1.82, 2.24) is 20.5 Å². The van der Waals surface area contributed by atoms with E-state index in [9.17, 15) is 9.59 Å². The van der Waals surface area contributed by atoms with Crippen LogP contribution in [0.3, 0.4) is 0 Å². The van der Waals surface area contributed by atoms with Gasteiger partial charge >= 0.3 is 0 Å². The van der Waals surface area contributed by atoms with Gasteiger partial charge in [0.25, 0.3) is 5.91 Å². The van der Waals surface area contributed by atoms with Crippen LogP contribution in [0.25, 0.3) is 10.9 Å². The zero-order valence-electron chi connectivity index (χ0n) is 18.0. The van der Waals surface area contributed by atoms with Crippen LogP contribution in [0.5, 0.6) is 5.75 Å². The fourth-order valence-electron chi connectivity index (χ4n) is 5.46.